The van der Waals surface area contributed by atoms with Gasteiger partial charge in [-0.05, 0) is 44.2 Å². The Balaban J connectivity index is 1.93. The van der Waals surface area contributed by atoms with Crippen molar-refractivity contribution < 1.29 is 37.4 Å². The van der Waals surface area contributed by atoms with Crippen LogP contribution in [0.15, 0.2) is 42.5 Å². The van der Waals surface area contributed by atoms with Crippen LogP contribution in [0.25, 0.3) is 0 Å². The lowest BCUT2D eigenvalue weighted by Gasteiger charge is -2.36. The van der Waals surface area contributed by atoms with Crippen LogP contribution in [0, 0.1) is 0 Å². The zero-order valence-electron chi connectivity index (χ0n) is 15.9. The number of benzene rings is 2. The maximum Gasteiger partial charge on any atom is 0.418 e. The molecule has 2 N–H and O–H groups in total. The molecule has 1 heterocycles. The summed E-state index contributed by atoms with van der Waals surface area (Å²) in [6, 6.07) is 7.08. The first-order valence-corrected chi connectivity index (χ1v) is 8.85. The minimum absolute atomic E-state index is 0.0774. The summed E-state index contributed by atoms with van der Waals surface area (Å²) >= 11 is 0. The molecule has 2 unspecified atom stereocenters. The van der Waals surface area contributed by atoms with Crippen molar-refractivity contribution in [1.82, 2.24) is 0 Å². The maximum absolute atomic E-state index is 13.2. The summed E-state index contributed by atoms with van der Waals surface area (Å²) in [5, 5.41) is 11.4. The molecule has 0 saturated carbocycles. The van der Waals surface area contributed by atoms with E-state index < -0.39 is 47.4 Å². The summed E-state index contributed by atoms with van der Waals surface area (Å²) in [6.07, 6.45) is -5.68. The normalized spacial score (nSPS) is 17.0. The standard InChI is InChI=1S/C20H17F3N2O5/c1-10(17(26)24-14-6-4-3-5-13(14)20(21,22)23)25-15-8-7-12(19(28)29)9-16(15)30-11(2)18(25)27/h3-11H,1-2H3,(H,24,26)(H,28,29). The number of carbonyl (C=O) groups excluding carboxylic acids is 2. The van der Waals surface area contributed by atoms with Crippen LogP contribution >= 0.6 is 0 Å². The monoisotopic (exact) mass is 422 g/mol. The van der Waals surface area contributed by atoms with Crippen LogP contribution in [0.1, 0.15) is 29.8 Å². The highest BCUT2D eigenvalue weighted by Crippen LogP contribution is 2.37. The third-order valence-corrected chi connectivity index (χ3v) is 4.61. The van der Waals surface area contributed by atoms with Gasteiger partial charge >= 0.3 is 12.1 Å². The number of alkyl halides is 3. The molecule has 0 aliphatic carbocycles. The van der Waals surface area contributed by atoms with Crippen molar-refractivity contribution >= 4 is 29.2 Å². The number of carboxylic acids is 1. The Hall–Kier alpha value is -3.56. The number of nitrogens with one attached hydrogen (secondary N) is 1. The van der Waals surface area contributed by atoms with Gasteiger partial charge in [-0.2, -0.15) is 13.2 Å². The summed E-state index contributed by atoms with van der Waals surface area (Å²) in [5.74, 6) is -2.55. The van der Waals surface area contributed by atoms with Gasteiger partial charge in [-0.25, -0.2) is 4.79 Å². The number of carboxylic acid groups (broad SMARTS) is 1. The number of amides is 2. The van der Waals surface area contributed by atoms with Crippen LogP contribution in [-0.2, 0) is 15.8 Å². The highest BCUT2D eigenvalue weighted by Gasteiger charge is 2.39. The van der Waals surface area contributed by atoms with Crippen molar-refractivity contribution in [3.05, 3.63) is 53.6 Å². The minimum Gasteiger partial charge on any atom is -0.479 e. The fourth-order valence-corrected chi connectivity index (χ4v) is 3.09. The smallest absolute Gasteiger partial charge is 0.418 e. The van der Waals surface area contributed by atoms with Crippen molar-refractivity contribution in [3.63, 3.8) is 0 Å². The quantitative estimate of drug-likeness (QED) is 0.786. The molecule has 0 fully saturated rings. The number of halogens is 3. The Bertz CT molecular complexity index is 1020. The van der Waals surface area contributed by atoms with E-state index in [0.717, 1.165) is 17.0 Å². The fraction of sp³-hybridized carbons (Fsp3) is 0.250. The minimum atomic E-state index is -4.67. The summed E-state index contributed by atoms with van der Waals surface area (Å²) in [5.41, 5.74) is -1.38. The molecule has 158 valence electrons. The van der Waals surface area contributed by atoms with Crippen molar-refractivity contribution in [2.45, 2.75) is 32.2 Å². The van der Waals surface area contributed by atoms with Gasteiger partial charge in [0.15, 0.2) is 6.10 Å². The van der Waals surface area contributed by atoms with E-state index in [1.165, 1.54) is 44.2 Å². The van der Waals surface area contributed by atoms with E-state index in [9.17, 15) is 27.6 Å². The molecule has 2 amide bonds. The Morgan fingerprint density at radius 3 is 2.50 bits per heavy atom. The number of anilines is 2. The van der Waals surface area contributed by atoms with Gasteiger partial charge in [0.25, 0.3) is 5.91 Å². The van der Waals surface area contributed by atoms with Gasteiger partial charge in [0.05, 0.1) is 22.5 Å². The Kier molecular flexibility index (Phi) is 5.43. The van der Waals surface area contributed by atoms with Gasteiger partial charge in [-0.15, -0.1) is 0 Å². The van der Waals surface area contributed by atoms with Crippen molar-refractivity contribution in [3.8, 4) is 5.75 Å². The van der Waals surface area contributed by atoms with Gasteiger partial charge in [0.2, 0.25) is 5.91 Å². The van der Waals surface area contributed by atoms with Gasteiger partial charge < -0.3 is 15.2 Å². The number of carbonyl (C=O) groups is 3. The largest absolute Gasteiger partial charge is 0.479 e. The molecule has 30 heavy (non-hydrogen) atoms. The van der Waals surface area contributed by atoms with E-state index in [1.54, 1.807) is 0 Å². The average molecular weight is 422 g/mol. The Labute approximate surface area is 169 Å². The molecule has 0 radical (unpaired) electrons. The molecule has 1 aliphatic rings. The second kappa shape index (κ2) is 7.69. The topological polar surface area (TPSA) is 95.9 Å². The first-order valence-electron chi connectivity index (χ1n) is 8.85. The van der Waals surface area contributed by atoms with Crippen molar-refractivity contribution in [2.75, 3.05) is 10.2 Å². The predicted octanol–water partition coefficient (Wildman–Crippen LogP) is 3.54. The lowest BCUT2D eigenvalue weighted by atomic mass is 10.1. The molecular weight excluding hydrogens is 405 g/mol. The number of ether oxygens (including phenoxy) is 1. The second-order valence-electron chi connectivity index (χ2n) is 6.66. The van der Waals surface area contributed by atoms with Crippen LogP contribution in [0.2, 0.25) is 0 Å². The maximum atomic E-state index is 13.2. The third kappa shape index (κ3) is 3.93. The molecule has 3 rings (SSSR count). The summed E-state index contributed by atoms with van der Waals surface area (Å²) in [4.78, 5) is 37.6. The van der Waals surface area contributed by atoms with E-state index >= 15 is 0 Å². The molecule has 0 bridgehead atoms. The molecule has 1 aliphatic heterocycles. The molecule has 10 heteroatoms. The van der Waals surface area contributed by atoms with E-state index in [1.807, 2.05) is 0 Å². The molecule has 0 saturated heterocycles. The molecule has 7 nitrogen and oxygen atoms in total. The number of para-hydroxylation sites is 1. The van der Waals surface area contributed by atoms with E-state index in [2.05, 4.69) is 5.32 Å². The SMILES string of the molecule is CC1Oc2cc(C(=O)O)ccc2N(C(C)C(=O)Nc2ccccc2C(F)(F)F)C1=O. The lowest BCUT2D eigenvalue weighted by Crippen LogP contribution is -2.52. The summed E-state index contributed by atoms with van der Waals surface area (Å²) in [7, 11) is 0. The van der Waals surface area contributed by atoms with Gasteiger partial charge in [-0.3, -0.25) is 14.5 Å². The number of nitrogens with zero attached hydrogens (tertiary/aromatic N) is 1. The Morgan fingerprint density at radius 1 is 1.20 bits per heavy atom. The van der Waals surface area contributed by atoms with E-state index in [-0.39, 0.29) is 17.0 Å². The fourth-order valence-electron chi connectivity index (χ4n) is 3.09. The van der Waals surface area contributed by atoms with Crippen LogP contribution in [0.5, 0.6) is 5.75 Å². The van der Waals surface area contributed by atoms with Gasteiger partial charge in [-0.1, -0.05) is 12.1 Å². The van der Waals surface area contributed by atoms with Crippen LogP contribution in [-0.4, -0.2) is 35.0 Å². The average Bonchev–Trinajstić information content (AvgIpc) is 2.67. The zero-order valence-corrected chi connectivity index (χ0v) is 15.9. The molecule has 0 aromatic heterocycles. The molecule has 2 atom stereocenters. The van der Waals surface area contributed by atoms with Crippen molar-refractivity contribution in [1.29, 1.82) is 0 Å². The van der Waals surface area contributed by atoms with E-state index in [0.29, 0.717) is 0 Å². The lowest BCUT2D eigenvalue weighted by molar-refractivity contribution is -0.137. The van der Waals surface area contributed by atoms with Gasteiger partial charge in [0, 0.05) is 0 Å². The number of hydrogen-bond donors (Lipinski definition) is 2. The molecular formula is C20H17F3N2O5. The second-order valence-corrected chi connectivity index (χ2v) is 6.66. The first-order chi connectivity index (χ1) is 14.0. The van der Waals surface area contributed by atoms with Crippen molar-refractivity contribution in [2.24, 2.45) is 0 Å². The van der Waals surface area contributed by atoms with Gasteiger partial charge in [0.1, 0.15) is 11.8 Å². The number of rotatable bonds is 4. The Morgan fingerprint density at radius 2 is 1.87 bits per heavy atom. The molecule has 2 aromatic carbocycles. The highest BCUT2D eigenvalue weighted by atomic mass is 19.4. The number of aromatic carboxylic acids is 1. The van der Waals surface area contributed by atoms with Crippen LogP contribution in [0.3, 0.4) is 0 Å². The zero-order chi connectivity index (χ0) is 22.2. The highest BCUT2D eigenvalue weighted by molar-refractivity contribution is 6.08. The number of hydrogen-bond acceptors (Lipinski definition) is 4. The summed E-state index contributed by atoms with van der Waals surface area (Å²) < 4.78 is 45.0. The molecule has 2 aromatic rings. The predicted molar refractivity (Wildman–Crippen MR) is 101 cm³/mol. The third-order valence-electron chi connectivity index (χ3n) is 4.61. The van der Waals surface area contributed by atoms with E-state index in [4.69, 9.17) is 9.84 Å². The number of fused-ring (bicyclic) bond motifs is 1. The first kappa shape index (κ1) is 21.2. The van der Waals surface area contributed by atoms with Crippen LogP contribution in [0.4, 0.5) is 24.5 Å². The molecule has 0 spiro atoms. The summed E-state index contributed by atoms with van der Waals surface area (Å²) in [6.45, 7) is 2.78. The van der Waals surface area contributed by atoms with Crippen LogP contribution < -0.4 is 15.0 Å².